The van der Waals surface area contributed by atoms with Gasteiger partial charge in [0.15, 0.2) is 0 Å². The molecule has 2 aromatic carbocycles. The lowest BCUT2D eigenvalue weighted by Crippen LogP contribution is -2.51. The van der Waals surface area contributed by atoms with Crippen LogP contribution in [0.25, 0.3) is 0 Å². The molecule has 1 fully saturated rings. The van der Waals surface area contributed by atoms with Gasteiger partial charge in [-0.05, 0) is 56.1 Å². The summed E-state index contributed by atoms with van der Waals surface area (Å²) >= 11 is 0. The highest BCUT2D eigenvalue weighted by atomic mass is 19.1. The maximum Gasteiger partial charge on any atom is 0.231 e. The fourth-order valence-corrected chi connectivity index (χ4v) is 3.43. The third-order valence-corrected chi connectivity index (χ3v) is 4.94. The molecule has 2 N–H and O–H groups in total. The van der Waals surface area contributed by atoms with Gasteiger partial charge >= 0.3 is 0 Å². The Kier molecular flexibility index (Phi) is 4.95. The van der Waals surface area contributed by atoms with E-state index in [1.807, 2.05) is 37.3 Å². The molecule has 1 atom stereocenters. The molecule has 0 spiro atoms. The Morgan fingerprint density at radius 1 is 1.08 bits per heavy atom. The van der Waals surface area contributed by atoms with Crippen molar-refractivity contribution >= 4 is 5.91 Å². The Hall–Kier alpha value is -2.20. The number of carbonyl (C=O) groups is 1. The van der Waals surface area contributed by atoms with E-state index < -0.39 is 5.41 Å². The molecule has 126 valence electrons. The maximum absolute atomic E-state index is 13.2. The summed E-state index contributed by atoms with van der Waals surface area (Å²) in [5, 5.41) is 6.47. The van der Waals surface area contributed by atoms with Crippen LogP contribution in [0.5, 0.6) is 0 Å². The molecule has 1 aliphatic heterocycles. The zero-order valence-electron chi connectivity index (χ0n) is 13.9. The van der Waals surface area contributed by atoms with E-state index in [1.165, 1.54) is 12.1 Å². The van der Waals surface area contributed by atoms with Gasteiger partial charge in [0, 0.05) is 0 Å². The van der Waals surface area contributed by atoms with Crippen molar-refractivity contribution in [2.45, 2.75) is 31.2 Å². The number of nitrogens with one attached hydrogen (secondary N) is 2. The van der Waals surface area contributed by atoms with Crippen molar-refractivity contribution in [3.05, 3.63) is 71.5 Å². The normalized spacial score (nSPS) is 17.9. The van der Waals surface area contributed by atoms with Crippen molar-refractivity contribution in [3.8, 4) is 0 Å². The molecule has 1 heterocycles. The molecule has 0 aromatic heterocycles. The summed E-state index contributed by atoms with van der Waals surface area (Å²) in [7, 11) is 0. The number of hydrogen-bond donors (Lipinski definition) is 2. The summed E-state index contributed by atoms with van der Waals surface area (Å²) < 4.78 is 13.1. The van der Waals surface area contributed by atoms with E-state index in [1.54, 1.807) is 12.1 Å². The Labute approximate surface area is 142 Å². The first-order valence-corrected chi connectivity index (χ1v) is 8.44. The topological polar surface area (TPSA) is 41.1 Å². The molecule has 0 saturated carbocycles. The van der Waals surface area contributed by atoms with Gasteiger partial charge in [-0.2, -0.15) is 0 Å². The number of piperidine rings is 1. The lowest BCUT2D eigenvalue weighted by atomic mass is 9.72. The predicted molar refractivity (Wildman–Crippen MR) is 93.2 cm³/mol. The zero-order chi connectivity index (χ0) is 17.0. The quantitative estimate of drug-likeness (QED) is 0.905. The summed E-state index contributed by atoms with van der Waals surface area (Å²) in [5.74, 6) is -0.219. The number of carbonyl (C=O) groups excluding carboxylic acids is 1. The molecule has 3 rings (SSSR count). The van der Waals surface area contributed by atoms with E-state index >= 15 is 0 Å². The van der Waals surface area contributed by atoms with Crippen molar-refractivity contribution in [2.24, 2.45) is 0 Å². The van der Waals surface area contributed by atoms with Crippen molar-refractivity contribution in [2.75, 3.05) is 13.1 Å². The number of rotatable bonds is 4. The van der Waals surface area contributed by atoms with Gasteiger partial charge in [0.25, 0.3) is 0 Å². The Morgan fingerprint density at radius 3 is 2.33 bits per heavy atom. The van der Waals surface area contributed by atoms with Crippen LogP contribution >= 0.6 is 0 Å². The lowest BCUT2D eigenvalue weighted by molar-refractivity contribution is -0.128. The highest BCUT2D eigenvalue weighted by molar-refractivity contribution is 5.88. The van der Waals surface area contributed by atoms with Gasteiger partial charge in [0.05, 0.1) is 11.5 Å². The smallest absolute Gasteiger partial charge is 0.231 e. The van der Waals surface area contributed by atoms with E-state index in [0.29, 0.717) is 0 Å². The van der Waals surface area contributed by atoms with Crippen LogP contribution in [0.1, 0.15) is 36.9 Å². The van der Waals surface area contributed by atoms with Crippen LogP contribution in [0, 0.1) is 5.82 Å². The first-order valence-electron chi connectivity index (χ1n) is 8.44. The van der Waals surface area contributed by atoms with Crippen LogP contribution in [0.2, 0.25) is 0 Å². The number of hydrogen-bond acceptors (Lipinski definition) is 2. The van der Waals surface area contributed by atoms with Crippen LogP contribution < -0.4 is 10.6 Å². The van der Waals surface area contributed by atoms with Gasteiger partial charge < -0.3 is 10.6 Å². The van der Waals surface area contributed by atoms with Crippen molar-refractivity contribution in [1.29, 1.82) is 0 Å². The Bertz CT molecular complexity index is 679. The fraction of sp³-hybridized carbons (Fsp3) is 0.350. The van der Waals surface area contributed by atoms with E-state index in [4.69, 9.17) is 0 Å². The minimum absolute atomic E-state index is 0.0482. The van der Waals surface area contributed by atoms with Gasteiger partial charge in [-0.3, -0.25) is 4.79 Å². The van der Waals surface area contributed by atoms with E-state index in [0.717, 1.165) is 37.1 Å². The molecular formula is C20H23FN2O. The molecule has 0 aliphatic carbocycles. The summed E-state index contributed by atoms with van der Waals surface area (Å²) in [6.07, 6.45) is 1.55. The van der Waals surface area contributed by atoms with Gasteiger partial charge in [0.2, 0.25) is 5.91 Å². The monoisotopic (exact) mass is 326 g/mol. The first-order chi connectivity index (χ1) is 11.6. The summed E-state index contributed by atoms with van der Waals surface area (Å²) in [5.41, 5.74) is 1.47. The van der Waals surface area contributed by atoms with Gasteiger partial charge in [-0.1, -0.05) is 42.5 Å². The fourth-order valence-electron chi connectivity index (χ4n) is 3.43. The second-order valence-electron chi connectivity index (χ2n) is 6.44. The molecule has 0 radical (unpaired) electrons. The molecule has 1 amide bonds. The molecule has 2 aromatic rings. The molecule has 1 aliphatic rings. The Balaban J connectivity index is 1.83. The standard InChI is InChI=1S/C20H23FN2O/c1-15(16-7-9-18(21)10-8-16)23-19(24)20(11-13-22-14-12-20)17-5-3-2-4-6-17/h2-10,15,22H,11-14H2,1H3,(H,23,24)/t15-/m1/s1. The van der Waals surface area contributed by atoms with Crippen LogP contribution in [0.15, 0.2) is 54.6 Å². The highest BCUT2D eigenvalue weighted by Gasteiger charge is 2.41. The second-order valence-corrected chi connectivity index (χ2v) is 6.44. The van der Waals surface area contributed by atoms with Gasteiger partial charge in [-0.15, -0.1) is 0 Å². The molecular weight excluding hydrogens is 303 g/mol. The van der Waals surface area contributed by atoms with E-state index in [2.05, 4.69) is 10.6 Å². The van der Waals surface area contributed by atoms with E-state index in [9.17, 15) is 9.18 Å². The van der Waals surface area contributed by atoms with Crippen molar-refractivity contribution < 1.29 is 9.18 Å². The predicted octanol–water partition coefficient (Wildman–Crippen LogP) is 3.32. The number of amides is 1. The number of halogens is 1. The SMILES string of the molecule is C[C@@H](NC(=O)C1(c2ccccc2)CCNCC1)c1ccc(F)cc1. The zero-order valence-corrected chi connectivity index (χ0v) is 13.9. The number of benzene rings is 2. The maximum atomic E-state index is 13.2. The van der Waals surface area contributed by atoms with E-state index in [-0.39, 0.29) is 17.8 Å². The third kappa shape index (κ3) is 3.34. The highest BCUT2D eigenvalue weighted by Crippen LogP contribution is 2.34. The summed E-state index contributed by atoms with van der Waals surface area (Å²) in [6, 6.07) is 16.1. The second kappa shape index (κ2) is 7.14. The van der Waals surface area contributed by atoms with Crippen molar-refractivity contribution in [3.63, 3.8) is 0 Å². The van der Waals surface area contributed by atoms with Crippen LogP contribution in [0.3, 0.4) is 0 Å². The molecule has 4 heteroatoms. The van der Waals surface area contributed by atoms with Crippen LogP contribution in [0.4, 0.5) is 4.39 Å². The van der Waals surface area contributed by atoms with Crippen LogP contribution in [-0.2, 0) is 10.2 Å². The largest absolute Gasteiger partial charge is 0.349 e. The van der Waals surface area contributed by atoms with Gasteiger partial charge in [0.1, 0.15) is 5.82 Å². The molecule has 3 nitrogen and oxygen atoms in total. The summed E-state index contributed by atoms with van der Waals surface area (Å²) in [4.78, 5) is 13.2. The average molecular weight is 326 g/mol. The Morgan fingerprint density at radius 2 is 1.71 bits per heavy atom. The van der Waals surface area contributed by atoms with Crippen LogP contribution in [-0.4, -0.2) is 19.0 Å². The third-order valence-electron chi connectivity index (χ3n) is 4.94. The average Bonchev–Trinajstić information content (AvgIpc) is 2.63. The van der Waals surface area contributed by atoms with Gasteiger partial charge in [-0.25, -0.2) is 4.39 Å². The minimum Gasteiger partial charge on any atom is -0.349 e. The summed E-state index contributed by atoms with van der Waals surface area (Å²) in [6.45, 7) is 3.59. The molecule has 1 saturated heterocycles. The van der Waals surface area contributed by atoms with Crippen molar-refractivity contribution in [1.82, 2.24) is 10.6 Å². The molecule has 24 heavy (non-hydrogen) atoms. The molecule has 0 unspecified atom stereocenters. The lowest BCUT2D eigenvalue weighted by Gasteiger charge is -2.37. The molecule has 0 bridgehead atoms. The minimum atomic E-state index is -0.499. The first kappa shape index (κ1) is 16.7.